The lowest BCUT2D eigenvalue weighted by Gasteiger charge is -2.32. The standard InChI is InChI=1S/C15H22O3/c1-3-7(2)15(16)18-11-5-8-4-10(11)13-9(8)6-12-14(13)17-12/h7-14H,3-6H2,1-2H3. The van der Waals surface area contributed by atoms with E-state index in [2.05, 4.69) is 0 Å². The van der Waals surface area contributed by atoms with Gasteiger partial charge in [0.2, 0.25) is 0 Å². The first-order valence-corrected chi connectivity index (χ1v) is 7.55. The largest absolute Gasteiger partial charge is 0.462 e. The van der Waals surface area contributed by atoms with E-state index in [9.17, 15) is 4.79 Å². The Morgan fingerprint density at radius 3 is 2.94 bits per heavy atom. The van der Waals surface area contributed by atoms with Gasteiger partial charge in [0.05, 0.1) is 18.1 Å². The zero-order chi connectivity index (χ0) is 12.4. The van der Waals surface area contributed by atoms with Gasteiger partial charge < -0.3 is 9.47 Å². The molecular formula is C15H22O3. The van der Waals surface area contributed by atoms with Gasteiger partial charge in [-0.05, 0) is 43.4 Å². The molecule has 3 aliphatic carbocycles. The number of fused-ring (bicyclic) bond motifs is 7. The van der Waals surface area contributed by atoms with Crippen molar-refractivity contribution in [3.8, 4) is 0 Å². The van der Waals surface area contributed by atoms with Crippen molar-refractivity contribution < 1.29 is 14.3 Å². The summed E-state index contributed by atoms with van der Waals surface area (Å²) in [5, 5.41) is 0. The predicted octanol–water partition coefficient (Wildman–Crippen LogP) is 2.39. The second-order valence-corrected chi connectivity index (χ2v) is 6.80. The fourth-order valence-corrected chi connectivity index (χ4v) is 4.81. The summed E-state index contributed by atoms with van der Waals surface area (Å²) in [4.78, 5) is 11.9. The number of hydrogen-bond acceptors (Lipinski definition) is 3. The second-order valence-electron chi connectivity index (χ2n) is 6.80. The fraction of sp³-hybridized carbons (Fsp3) is 0.933. The van der Waals surface area contributed by atoms with Gasteiger partial charge in [0, 0.05) is 5.92 Å². The van der Waals surface area contributed by atoms with Crippen molar-refractivity contribution in [3.05, 3.63) is 0 Å². The third-order valence-corrected chi connectivity index (χ3v) is 5.97. The van der Waals surface area contributed by atoms with E-state index in [-0.39, 0.29) is 18.0 Å². The van der Waals surface area contributed by atoms with Crippen molar-refractivity contribution in [1.82, 2.24) is 0 Å². The molecule has 0 spiro atoms. The van der Waals surface area contributed by atoms with Gasteiger partial charge in [-0.1, -0.05) is 13.8 Å². The normalized spacial score (nSPS) is 52.9. The van der Waals surface area contributed by atoms with Crippen LogP contribution >= 0.6 is 0 Å². The summed E-state index contributed by atoms with van der Waals surface area (Å²) in [6.07, 6.45) is 5.83. The molecule has 8 unspecified atom stereocenters. The smallest absolute Gasteiger partial charge is 0.308 e. The Bertz CT molecular complexity index is 380. The van der Waals surface area contributed by atoms with Crippen LogP contribution < -0.4 is 0 Å². The average Bonchev–Trinajstić information content (AvgIpc) is 2.76. The Kier molecular flexibility index (Phi) is 2.33. The highest BCUT2D eigenvalue weighted by molar-refractivity contribution is 5.72. The molecule has 0 aromatic heterocycles. The highest BCUT2D eigenvalue weighted by atomic mass is 16.6. The molecule has 0 N–H and O–H groups in total. The molecule has 100 valence electrons. The lowest BCUT2D eigenvalue weighted by Crippen LogP contribution is -2.35. The van der Waals surface area contributed by atoms with Gasteiger partial charge in [0.25, 0.3) is 0 Å². The van der Waals surface area contributed by atoms with E-state index in [0.29, 0.717) is 24.0 Å². The van der Waals surface area contributed by atoms with E-state index in [0.717, 1.165) is 24.7 Å². The molecule has 3 heteroatoms. The Hall–Kier alpha value is -0.570. The van der Waals surface area contributed by atoms with Gasteiger partial charge in [-0.25, -0.2) is 0 Å². The highest BCUT2D eigenvalue weighted by Crippen LogP contribution is 2.64. The first-order valence-electron chi connectivity index (χ1n) is 7.55. The second kappa shape index (κ2) is 3.72. The van der Waals surface area contributed by atoms with Crippen LogP contribution in [0.5, 0.6) is 0 Å². The number of hydrogen-bond donors (Lipinski definition) is 0. The Morgan fingerprint density at radius 2 is 2.17 bits per heavy atom. The van der Waals surface area contributed by atoms with Gasteiger partial charge in [-0.3, -0.25) is 4.79 Å². The molecule has 4 rings (SSSR count). The summed E-state index contributed by atoms with van der Waals surface area (Å²) in [6.45, 7) is 4.01. The summed E-state index contributed by atoms with van der Waals surface area (Å²) in [7, 11) is 0. The first kappa shape index (κ1) is 11.3. The lowest BCUT2D eigenvalue weighted by atomic mass is 9.79. The molecule has 18 heavy (non-hydrogen) atoms. The van der Waals surface area contributed by atoms with Gasteiger partial charge in [-0.15, -0.1) is 0 Å². The molecule has 3 saturated carbocycles. The van der Waals surface area contributed by atoms with Crippen molar-refractivity contribution in [2.24, 2.45) is 29.6 Å². The van der Waals surface area contributed by atoms with Crippen LogP contribution in [0.4, 0.5) is 0 Å². The molecule has 0 aromatic carbocycles. The molecule has 0 aromatic rings. The lowest BCUT2D eigenvalue weighted by molar-refractivity contribution is -0.158. The fourth-order valence-electron chi connectivity index (χ4n) is 4.81. The molecular weight excluding hydrogens is 228 g/mol. The van der Waals surface area contributed by atoms with Crippen LogP contribution in [0.1, 0.15) is 39.5 Å². The van der Waals surface area contributed by atoms with Crippen LogP contribution in [0.15, 0.2) is 0 Å². The van der Waals surface area contributed by atoms with Crippen molar-refractivity contribution in [2.45, 2.75) is 57.8 Å². The SMILES string of the molecule is CCC(C)C(=O)OC1CC2CC1C1C2CC2OC21. The number of ether oxygens (including phenoxy) is 2. The summed E-state index contributed by atoms with van der Waals surface area (Å²) < 4.78 is 11.5. The average molecular weight is 250 g/mol. The summed E-state index contributed by atoms with van der Waals surface area (Å²) in [6, 6.07) is 0. The van der Waals surface area contributed by atoms with Crippen LogP contribution in [-0.2, 0) is 14.3 Å². The third-order valence-electron chi connectivity index (χ3n) is 5.97. The minimum atomic E-state index is 0.0119. The molecule has 1 aliphatic heterocycles. The molecule has 3 nitrogen and oxygen atoms in total. The van der Waals surface area contributed by atoms with E-state index in [1.54, 1.807) is 0 Å². The molecule has 0 amide bonds. The van der Waals surface area contributed by atoms with Crippen LogP contribution in [0.2, 0.25) is 0 Å². The molecule has 4 aliphatic rings. The monoisotopic (exact) mass is 250 g/mol. The number of carbonyl (C=O) groups excluding carboxylic acids is 1. The van der Waals surface area contributed by atoms with Crippen molar-refractivity contribution in [2.75, 3.05) is 0 Å². The maximum atomic E-state index is 11.9. The van der Waals surface area contributed by atoms with Crippen molar-refractivity contribution in [3.63, 3.8) is 0 Å². The molecule has 2 bridgehead atoms. The molecule has 1 heterocycles. The first-order chi connectivity index (χ1) is 8.69. The number of epoxide rings is 1. The minimum absolute atomic E-state index is 0.0119. The maximum absolute atomic E-state index is 11.9. The van der Waals surface area contributed by atoms with Crippen LogP contribution in [0.3, 0.4) is 0 Å². The number of esters is 1. The molecule has 1 saturated heterocycles. The molecule has 4 fully saturated rings. The van der Waals surface area contributed by atoms with Crippen LogP contribution in [0.25, 0.3) is 0 Å². The zero-order valence-corrected chi connectivity index (χ0v) is 11.2. The molecule has 8 atom stereocenters. The predicted molar refractivity (Wildman–Crippen MR) is 65.8 cm³/mol. The Balaban J connectivity index is 1.45. The van der Waals surface area contributed by atoms with Gasteiger partial charge in [0.1, 0.15) is 6.10 Å². The Morgan fingerprint density at radius 1 is 1.33 bits per heavy atom. The van der Waals surface area contributed by atoms with Crippen molar-refractivity contribution >= 4 is 5.97 Å². The van der Waals surface area contributed by atoms with Gasteiger partial charge >= 0.3 is 5.97 Å². The van der Waals surface area contributed by atoms with E-state index >= 15 is 0 Å². The minimum Gasteiger partial charge on any atom is -0.462 e. The van der Waals surface area contributed by atoms with E-state index < -0.39 is 0 Å². The molecule has 0 radical (unpaired) electrons. The van der Waals surface area contributed by atoms with Crippen LogP contribution in [0, 0.1) is 29.6 Å². The zero-order valence-electron chi connectivity index (χ0n) is 11.2. The van der Waals surface area contributed by atoms with Gasteiger partial charge in [-0.2, -0.15) is 0 Å². The van der Waals surface area contributed by atoms with E-state index in [1.165, 1.54) is 12.8 Å². The number of carbonyl (C=O) groups is 1. The van der Waals surface area contributed by atoms with Crippen LogP contribution in [-0.4, -0.2) is 24.3 Å². The number of rotatable bonds is 3. The quantitative estimate of drug-likeness (QED) is 0.570. The maximum Gasteiger partial charge on any atom is 0.308 e. The Labute approximate surface area is 108 Å². The highest BCUT2D eigenvalue weighted by Gasteiger charge is 2.67. The van der Waals surface area contributed by atoms with E-state index in [4.69, 9.17) is 9.47 Å². The van der Waals surface area contributed by atoms with Gasteiger partial charge in [0.15, 0.2) is 0 Å². The van der Waals surface area contributed by atoms with E-state index in [1.807, 2.05) is 13.8 Å². The van der Waals surface area contributed by atoms with Crippen molar-refractivity contribution in [1.29, 1.82) is 0 Å². The summed E-state index contributed by atoms with van der Waals surface area (Å²) in [5.74, 6) is 3.07. The summed E-state index contributed by atoms with van der Waals surface area (Å²) in [5.41, 5.74) is 0. The third kappa shape index (κ3) is 1.43. The summed E-state index contributed by atoms with van der Waals surface area (Å²) >= 11 is 0. The topological polar surface area (TPSA) is 38.8 Å².